The highest BCUT2D eigenvalue weighted by atomic mass is 32.2. The summed E-state index contributed by atoms with van der Waals surface area (Å²) in [6.45, 7) is 7.22. The first kappa shape index (κ1) is 26.9. The van der Waals surface area contributed by atoms with E-state index in [-0.39, 0.29) is 18.2 Å². The van der Waals surface area contributed by atoms with Crippen LogP contribution in [0.15, 0.2) is 76.6 Å². The van der Waals surface area contributed by atoms with Gasteiger partial charge in [-0.05, 0) is 85.6 Å². The molecule has 1 aliphatic heterocycles. The lowest BCUT2D eigenvalue weighted by Crippen LogP contribution is -2.29. The number of carbonyl (C=O) groups is 1. The van der Waals surface area contributed by atoms with Gasteiger partial charge >= 0.3 is 0 Å². The van der Waals surface area contributed by atoms with E-state index in [1.807, 2.05) is 63.2 Å². The van der Waals surface area contributed by atoms with Crippen LogP contribution in [0.1, 0.15) is 37.0 Å². The Kier molecular flexibility index (Phi) is 8.81. The van der Waals surface area contributed by atoms with Crippen LogP contribution < -0.4 is 9.47 Å². The number of nitrogens with zero attached hydrogens (tertiary/aromatic N) is 3. The first-order valence-corrected chi connectivity index (χ1v) is 13.2. The molecule has 0 unspecified atom stereocenters. The number of rotatable bonds is 10. The van der Waals surface area contributed by atoms with Crippen LogP contribution in [0.4, 0.5) is 11.4 Å². The standard InChI is InChI=1S/C29H29N3O5S/c1-4-16-31-28(33)27(38-29(31)30-23-11-6-20(3)7-12-23)18-22-10-15-25(26(17-22)36-5-2)37-19-21-8-13-24(14-9-21)32(34)35/h6-15,17-18H,4-5,16,19H2,1-3H3/b27-18+,30-29?. The number of amides is 1. The number of non-ortho nitro benzene ring substituents is 1. The van der Waals surface area contributed by atoms with Crippen molar-refractivity contribution in [2.75, 3.05) is 13.2 Å². The molecule has 38 heavy (non-hydrogen) atoms. The van der Waals surface area contributed by atoms with Crippen molar-refractivity contribution in [2.45, 2.75) is 33.8 Å². The van der Waals surface area contributed by atoms with E-state index in [1.54, 1.807) is 23.1 Å². The van der Waals surface area contributed by atoms with Crippen LogP contribution in [-0.4, -0.2) is 34.0 Å². The van der Waals surface area contributed by atoms with E-state index >= 15 is 0 Å². The number of aliphatic imine (C=N–C) groups is 1. The molecule has 0 bridgehead atoms. The van der Waals surface area contributed by atoms with E-state index in [4.69, 9.17) is 14.5 Å². The molecule has 0 spiro atoms. The Balaban J connectivity index is 1.54. The second-order valence-corrected chi connectivity index (χ2v) is 9.66. The van der Waals surface area contributed by atoms with Gasteiger partial charge in [0.15, 0.2) is 16.7 Å². The second-order valence-electron chi connectivity index (χ2n) is 8.65. The Morgan fingerprint density at radius 1 is 1.00 bits per heavy atom. The number of hydrogen-bond acceptors (Lipinski definition) is 7. The Morgan fingerprint density at radius 2 is 1.74 bits per heavy atom. The summed E-state index contributed by atoms with van der Waals surface area (Å²) in [5.74, 6) is 1.03. The quantitative estimate of drug-likeness (QED) is 0.161. The van der Waals surface area contributed by atoms with Gasteiger partial charge in [-0.25, -0.2) is 4.99 Å². The minimum absolute atomic E-state index is 0.0324. The molecule has 1 amide bonds. The molecule has 9 heteroatoms. The third kappa shape index (κ3) is 6.60. The van der Waals surface area contributed by atoms with Crippen molar-refractivity contribution in [3.8, 4) is 11.5 Å². The number of benzene rings is 3. The van der Waals surface area contributed by atoms with E-state index in [1.165, 1.54) is 23.9 Å². The zero-order valence-corrected chi connectivity index (χ0v) is 22.4. The van der Waals surface area contributed by atoms with Crippen LogP contribution in [-0.2, 0) is 11.4 Å². The molecule has 4 rings (SSSR count). The number of ether oxygens (including phenoxy) is 2. The minimum Gasteiger partial charge on any atom is -0.490 e. The topological polar surface area (TPSA) is 94.3 Å². The Bertz CT molecular complexity index is 1370. The number of carbonyl (C=O) groups excluding carboxylic acids is 1. The van der Waals surface area contributed by atoms with Crippen LogP contribution in [0, 0.1) is 17.0 Å². The zero-order chi connectivity index (χ0) is 27.1. The Morgan fingerprint density at radius 3 is 2.39 bits per heavy atom. The van der Waals surface area contributed by atoms with Crippen LogP contribution in [0.25, 0.3) is 6.08 Å². The fourth-order valence-corrected chi connectivity index (χ4v) is 4.79. The molecule has 0 aliphatic carbocycles. The monoisotopic (exact) mass is 531 g/mol. The average molecular weight is 532 g/mol. The maximum atomic E-state index is 13.2. The second kappa shape index (κ2) is 12.4. The smallest absolute Gasteiger partial charge is 0.269 e. The van der Waals surface area contributed by atoms with Crippen LogP contribution >= 0.6 is 11.8 Å². The largest absolute Gasteiger partial charge is 0.490 e. The fourth-order valence-electron chi connectivity index (χ4n) is 3.77. The van der Waals surface area contributed by atoms with Crippen LogP contribution in [0.2, 0.25) is 0 Å². The zero-order valence-electron chi connectivity index (χ0n) is 21.5. The molecule has 8 nitrogen and oxygen atoms in total. The summed E-state index contributed by atoms with van der Waals surface area (Å²) in [5, 5.41) is 11.5. The molecule has 1 heterocycles. The van der Waals surface area contributed by atoms with Gasteiger partial charge in [0, 0.05) is 18.7 Å². The van der Waals surface area contributed by atoms with Gasteiger partial charge in [0.05, 0.1) is 22.1 Å². The summed E-state index contributed by atoms with van der Waals surface area (Å²) in [6, 6.07) is 19.6. The van der Waals surface area contributed by atoms with E-state index in [2.05, 4.69) is 0 Å². The fraction of sp³-hybridized carbons (Fsp3) is 0.241. The minimum atomic E-state index is -0.433. The van der Waals surface area contributed by atoms with Crippen LogP contribution in [0.3, 0.4) is 0 Å². The summed E-state index contributed by atoms with van der Waals surface area (Å²) >= 11 is 1.36. The summed E-state index contributed by atoms with van der Waals surface area (Å²) in [7, 11) is 0. The van der Waals surface area contributed by atoms with Crippen molar-refractivity contribution in [2.24, 2.45) is 4.99 Å². The van der Waals surface area contributed by atoms with Gasteiger partial charge in [-0.3, -0.25) is 19.8 Å². The Hall–Kier alpha value is -4.11. The highest BCUT2D eigenvalue weighted by Crippen LogP contribution is 2.36. The van der Waals surface area contributed by atoms with Crippen molar-refractivity contribution in [1.82, 2.24) is 4.90 Å². The molecule has 3 aromatic carbocycles. The number of thioether (sulfide) groups is 1. The average Bonchev–Trinajstić information content (AvgIpc) is 3.19. The molecule has 0 radical (unpaired) electrons. The number of nitro benzene ring substituents is 1. The van der Waals surface area contributed by atoms with Gasteiger partial charge in [0.1, 0.15) is 6.61 Å². The molecule has 3 aromatic rings. The van der Waals surface area contributed by atoms with Crippen molar-refractivity contribution >= 4 is 40.3 Å². The molecule has 0 atom stereocenters. The van der Waals surface area contributed by atoms with Gasteiger partial charge in [-0.15, -0.1) is 0 Å². The van der Waals surface area contributed by atoms with Gasteiger partial charge < -0.3 is 9.47 Å². The molecule has 1 fully saturated rings. The summed E-state index contributed by atoms with van der Waals surface area (Å²) in [6.07, 6.45) is 2.66. The molecule has 1 saturated heterocycles. The lowest BCUT2D eigenvalue weighted by molar-refractivity contribution is -0.384. The molecule has 0 N–H and O–H groups in total. The number of aryl methyl sites for hydroxylation is 1. The molecule has 0 aromatic heterocycles. The third-order valence-electron chi connectivity index (χ3n) is 5.70. The van der Waals surface area contributed by atoms with Crippen LogP contribution in [0.5, 0.6) is 11.5 Å². The maximum absolute atomic E-state index is 13.2. The lowest BCUT2D eigenvalue weighted by Gasteiger charge is -2.14. The SMILES string of the molecule is CCCN1C(=O)/C(=C\c2ccc(OCc3ccc([N+](=O)[O-])cc3)c(OCC)c2)SC1=Nc1ccc(C)cc1. The Labute approximate surface area is 226 Å². The number of nitro groups is 1. The summed E-state index contributed by atoms with van der Waals surface area (Å²) in [5.41, 5.74) is 3.60. The predicted octanol–water partition coefficient (Wildman–Crippen LogP) is 6.89. The maximum Gasteiger partial charge on any atom is 0.269 e. The van der Waals surface area contributed by atoms with E-state index in [0.29, 0.717) is 34.7 Å². The highest BCUT2D eigenvalue weighted by molar-refractivity contribution is 8.18. The van der Waals surface area contributed by atoms with Crippen molar-refractivity contribution in [3.05, 3.63) is 98.4 Å². The molecule has 196 valence electrons. The third-order valence-corrected chi connectivity index (χ3v) is 6.71. The van der Waals surface area contributed by atoms with Gasteiger partial charge in [0.2, 0.25) is 0 Å². The van der Waals surface area contributed by atoms with E-state index in [0.717, 1.165) is 28.8 Å². The predicted molar refractivity (Wildman–Crippen MR) is 151 cm³/mol. The normalized spacial score (nSPS) is 15.3. The molecule has 0 saturated carbocycles. The van der Waals surface area contributed by atoms with Crippen molar-refractivity contribution < 1.29 is 19.2 Å². The van der Waals surface area contributed by atoms with Gasteiger partial charge in [-0.1, -0.05) is 30.7 Å². The van der Waals surface area contributed by atoms with Crippen molar-refractivity contribution in [3.63, 3.8) is 0 Å². The van der Waals surface area contributed by atoms with Gasteiger partial charge in [0.25, 0.3) is 11.6 Å². The van der Waals surface area contributed by atoms with Crippen molar-refractivity contribution in [1.29, 1.82) is 0 Å². The highest BCUT2D eigenvalue weighted by Gasteiger charge is 2.32. The number of amidine groups is 1. The van der Waals surface area contributed by atoms with E-state index in [9.17, 15) is 14.9 Å². The lowest BCUT2D eigenvalue weighted by atomic mass is 10.1. The van der Waals surface area contributed by atoms with E-state index < -0.39 is 4.92 Å². The first-order valence-electron chi connectivity index (χ1n) is 12.4. The molecular weight excluding hydrogens is 502 g/mol. The molecule has 1 aliphatic rings. The van der Waals surface area contributed by atoms with Gasteiger partial charge in [-0.2, -0.15) is 0 Å². The summed E-state index contributed by atoms with van der Waals surface area (Å²) < 4.78 is 11.8. The molecular formula is C29H29N3O5S. The summed E-state index contributed by atoms with van der Waals surface area (Å²) in [4.78, 5) is 30.7. The number of hydrogen-bond donors (Lipinski definition) is 0. The first-order chi connectivity index (χ1) is 18.4.